The molecule has 0 aliphatic rings. The summed E-state index contributed by atoms with van der Waals surface area (Å²) in [6.07, 6.45) is 0. The van der Waals surface area contributed by atoms with Crippen LogP contribution in [0, 0.1) is 6.92 Å². The van der Waals surface area contributed by atoms with Crippen molar-refractivity contribution in [3.63, 3.8) is 0 Å². The molecule has 0 radical (unpaired) electrons. The van der Waals surface area contributed by atoms with Crippen LogP contribution in [-0.4, -0.2) is 9.55 Å². The summed E-state index contributed by atoms with van der Waals surface area (Å²) in [5, 5.41) is 0. The third kappa shape index (κ3) is 1.31. The molecule has 1 aromatic carbocycles. The quantitative estimate of drug-likeness (QED) is 0.639. The van der Waals surface area contributed by atoms with E-state index in [9.17, 15) is 0 Å². The van der Waals surface area contributed by atoms with Gasteiger partial charge in [0.15, 0.2) is 0 Å². The largest absolute Gasteiger partial charge is 0.331 e. The SMILES string of the molecule is Cc1nc2cc(CCl)ccc2n1C. The zero-order valence-electron chi connectivity index (χ0n) is 7.71. The van der Waals surface area contributed by atoms with Crippen LogP contribution in [0.2, 0.25) is 0 Å². The topological polar surface area (TPSA) is 17.8 Å². The van der Waals surface area contributed by atoms with Gasteiger partial charge in [0.1, 0.15) is 5.82 Å². The number of benzene rings is 1. The third-order valence-electron chi connectivity index (χ3n) is 2.32. The minimum Gasteiger partial charge on any atom is -0.331 e. The van der Waals surface area contributed by atoms with Crippen LogP contribution in [-0.2, 0) is 12.9 Å². The molecule has 0 atom stereocenters. The summed E-state index contributed by atoms with van der Waals surface area (Å²) in [6, 6.07) is 6.14. The number of hydrogen-bond acceptors (Lipinski definition) is 1. The molecule has 68 valence electrons. The summed E-state index contributed by atoms with van der Waals surface area (Å²) < 4.78 is 2.08. The second kappa shape index (κ2) is 3.04. The maximum Gasteiger partial charge on any atom is 0.106 e. The van der Waals surface area contributed by atoms with Gasteiger partial charge < -0.3 is 4.57 Å². The number of halogens is 1. The number of aryl methyl sites for hydroxylation is 2. The Morgan fingerprint density at radius 2 is 2.23 bits per heavy atom. The van der Waals surface area contributed by atoms with Gasteiger partial charge in [0.05, 0.1) is 11.0 Å². The second-order valence-electron chi connectivity index (χ2n) is 3.17. The maximum atomic E-state index is 5.74. The highest BCUT2D eigenvalue weighted by Crippen LogP contribution is 2.17. The molecule has 1 aromatic heterocycles. The molecule has 2 aromatic rings. The summed E-state index contributed by atoms with van der Waals surface area (Å²) in [5.41, 5.74) is 3.30. The molecular weight excluding hydrogens is 184 g/mol. The minimum absolute atomic E-state index is 0.547. The Morgan fingerprint density at radius 3 is 2.92 bits per heavy atom. The minimum atomic E-state index is 0.547. The lowest BCUT2D eigenvalue weighted by Crippen LogP contribution is -1.89. The van der Waals surface area contributed by atoms with Gasteiger partial charge in [-0.1, -0.05) is 6.07 Å². The first-order valence-corrected chi connectivity index (χ1v) is 4.74. The zero-order chi connectivity index (χ0) is 9.42. The van der Waals surface area contributed by atoms with E-state index in [2.05, 4.69) is 15.6 Å². The zero-order valence-corrected chi connectivity index (χ0v) is 8.47. The molecule has 0 aliphatic heterocycles. The number of fused-ring (bicyclic) bond motifs is 1. The van der Waals surface area contributed by atoms with Gasteiger partial charge in [-0.2, -0.15) is 0 Å². The van der Waals surface area contributed by atoms with Gasteiger partial charge in [0.2, 0.25) is 0 Å². The van der Waals surface area contributed by atoms with E-state index in [0.717, 1.165) is 22.4 Å². The highest BCUT2D eigenvalue weighted by atomic mass is 35.5. The van der Waals surface area contributed by atoms with E-state index < -0.39 is 0 Å². The Hall–Kier alpha value is -1.02. The summed E-state index contributed by atoms with van der Waals surface area (Å²) in [4.78, 5) is 4.43. The van der Waals surface area contributed by atoms with E-state index in [4.69, 9.17) is 11.6 Å². The molecule has 13 heavy (non-hydrogen) atoms. The van der Waals surface area contributed by atoms with Gasteiger partial charge in [0.25, 0.3) is 0 Å². The van der Waals surface area contributed by atoms with Gasteiger partial charge in [-0.15, -0.1) is 11.6 Å². The summed E-state index contributed by atoms with van der Waals surface area (Å²) in [6.45, 7) is 2.00. The standard InChI is InChI=1S/C10H11ClN2/c1-7-12-9-5-8(6-11)3-4-10(9)13(7)2/h3-5H,6H2,1-2H3. The average molecular weight is 195 g/mol. The van der Waals surface area contributed by atoms with E-state index in [1.54, 1.807) is 0 Å². The molecule has 0 aliphatic carbocycles. The fourth-order valence-corrected chi connectivity index (χ4v) is 1.62. The maximum absolute atomic E-state index is 5.74. The van der Waals surface area contributed by atoms with Crippen molar-refractivity contribution in [1.82, 2.24) is 9.55 Å². The number of hydrogen-bond donors (Lipinski definition) is 0. The lowest BCUT2D eigenvalue weighted by molar-refractivity contribution is 0.886. The Balaban J connectivity index is 2.73. The van der Waals surface area contributed by atoms with Crippen LogP contribution in [0.3, 0.4) is 0 Å². The Morgan fingerprint density at radius 1 is 1.46 bits per heavy atom. The summed E-state index contributed by atoms with van der Waals surface area (Å²) in [5.74, 6) is 1.58. The second-order valence-corrected chi connectivity index (χ2v) is 3.44. The highest BCUT2D eigenvalue weighted by molar-refractivity contribution is 6.17. The van der Waals surface area contributed by atoms with Gasteiger partial charge in [0, 0.05) is 12.9 Å². The van der Waals surface area contributed by atoms with Crippen LogP contribution in [0.15, 0.2) is 18.2 Å². The van der Waals surface area contributed by atoms with E-state index in [-0.39, 0.29) is 0 Å². The van der Waals surface area contributed by atoms with Gasteiger partial charge in [-0.25, -0.2) is 4.98 Å². The lowest BCUT2D eigenvalue weighted by atomic mass is 10.2. The highest BCUT2D eigenvalue weighted by Gasteiger charge is 2.03. The molecule has 0 saturated carbocycles. The van der Waals surface area contributed by atoms with Gasteiger partial charge >= 0.3 is 0 Å². The third-order valence-corrected chi connectivity index (χ3v) is 2.63. The van der Waals surface area contributed by atoms with Crippen molar-refractivity contribution in [2.24, 2.45) is 7.05 Å². The number of alkyl halides is 1. The van der Waals surface area contributed by atoms with Crippen molar-refractivity contribution in [1.29, 1.82) is 0 Å². The van der Waals surface area contributed by atoms with Crippen LogP contribution in [0.25, 0.3) is 11.0 Å². The normalized spacial score (nSPS) is 11.0. The van der Waals surface area contributed by atoms with Crippen molar-refractivity contribution < 1.29 is 0 Å². The number of aromatic nitrogens is 2. The fraction of sp³-hybridized carbons (Fsp3) is 0.300. The predicted octanol–water partition coefficient (Wildman–Crippen LogP) is 2.62. The number of nitrogens with zero attached hydrogens (tertiary/aromatic N) is 2. The Labute approximate surface area is 82.1 Å². The van der Waals surface area contributed by atoms with Crippen molar-refractivity contribution in [2.75, 3.05) is 0 Å². The molecule has 0 saturated heterocycles. The molecule has 0 fully saturated rings. The fourth-order valence-electron chi connectivity index (χ4n) is 1.45. The van der Waals surface area contributed by atoms with Crippen LogP contribution in [0.4, 0.5) is 0 Å². The molecular formula is C10H11ClN2. The summed E-state index contributed by atoms with van der Waals surface area (Å²) >= 11 is 5.74. The smallest absolute Gasteiger partial charge is 0.106 e. The molecule has 2 nitrogen and oxygen atoms in total. The first-order valence-electron chi connectivity index (χ1n) is 4.20. The Kier molecular flexibility index (Phi) is 2.00. The summed E-state index contributed by atoms with van der Waals surface area (Å²) in [7, 11) is 2.02. The van der Waals surface area contributed by atoms with Crippen LogP contribution in [0.1, 0.15) is 11.4 Å². The van der Waals surface area contributed by atoms with Crippen molar-refractivity contribution in [2.45, 2.75) is 12.8 Å². The first-order chi connectivity index (χ1) is 6.22. The first kappa shape index (κ1) is 8.57. The molecule has 0 unspecified atom stereocenters. The predicted molar refractivity (Wildman–Crippen MR) is 55.0 cm³/mol. The molecule has 0 spiro atoms. The van der Waals surface area contributed by atoms with Crippen LogP contribution < -0.4 is 0 Å². The molecule has 2 rings (SSSR count). The Bertz CT molecular complexity index is 445. The molecule has 1 heterocycles. The number of rotatable bonds is 1. The van der Waals surface area contributed by atoms with Crippen molar-refractivity contribution in [3.05, 3.63) is 29.6 Å². The average Bonchev–Trinajstić information content (AvgIpc) is 2.42. The van der Waals surface area contributed by atoms with Gasteiger partial charge in [-0.05, 0) is 24.6 Å². The monoisotopic (exact) mass is 194 g/mol. The molecule has 0 bridgehead atoms. The molecule has 3 heteroatoms. The van der Waals surface area contributed by atoms with Crippen molar-refractivity contribution >= 4 is 22.6 Å². The van der Waals surface area contributed by atoms with Crippen LogP contribution >= 0.6 is 11.6 Å². The van der Waals surface area contributed by atoms with E-state index in [1.807, 2.05) is 26.1 Å². The van der Waals surface area contributed by atoms with Crippen molar-refractivity contribution in [3.8, 4) is 0 Å². The molecule has 0 amide bonds. The lowest BCUT2D eigenvalue weighted by Gasteiger charge is -1.97. The van der Waals surface area contributed by atoms with E-state index >= 15 is 0 Å². The van der Waals surface area contributed by atoms with Crippen LogP contribution in [0.5, 0.6) is 0 Å². The van der Waals surface area contributed by atoms with E-state index in [1.165, 1.54) is 0 Å². The van der Waals surface area contributed by atoms with Gasteiger partial charge in [-0.3, -0.25) is 0 Å². The molecule has 0 N–H and O–H groups in total. The number of imidazole rings is 1. The van der Waals surface area contributed by atoms with E-state index in [0.29, 0.717) is 5.88 Å².